The Labute approximate surface area is 127 Å². The molecule has 1 fully saturated rings. The van der Waals surface area contributed by atoms with Crippen molar-refractivity contribution in [1.29, 1.82) is 0 Å². The van der Waals surface area contributed by atoms with Gasteiger partial charge in [0.25, 0.3) is 0 Å². The van der Waals surface area contributed by atoms with Gasteiger partial charge >= 0.3 is 0 Å². The Hall–Kier alpha value is -1.39. The van der Waals surface area contributed by atoms with Crippen LogP contribution in [0, 0.1) is 5.92 Å². The van der Waals surface area contributed by atoms with Gasteiger partial charge < -0.3 is 15.0 Å². The van der Waals surface area contributed by atoms with E-state index in [1.807, 2.05) is 6.07 Å². The molecule has 1 aliphatic heterocycles. The first-order valence-electron chi connectivity index (χ1n) is 8.07. The number of pyridine rings is 1. The summed E-state index contributed by atoms with van der Waals surface area (Å²) in [5.41, 5.74) is 9.15. The fourth-order valence-electron chi connectivity index (χ4n) is 3.35. The van der Waals surface area contributed by atoms with Crippen molar-refractivity contribution in [3.63, 3.8) is 0 Å². The van der Waals surface area contributed by atoms with E-state index in [9.17, 15) is 0 Å². The second-order valence-corrected chi connectivity index (χ2v) is 6.48. The van der Waals surface area contributed by atoms with Gasteiger partial charge in [-0.3, -0.25) is 0 Å². The Kier molecular flexibility index (Phi) is 4.27. The van der Waals surface area contributed by atoms with Crippen LogP contribution in [0.4, 0.5) is 0 Å². The highest BCUT2D eigenvalue weighted by molar-refractivity contribution is 5.48. The van der Waals surface area contributed by atoms with Crippen molar-refractivity contribution in [2.75, 3.05) is 13.1 Å². The molecule has 0 aliphatic carbocycles. The SMILES string of the molecule is CC(C)N1CCC(Cc2cn3cccc(CN)c3n2)CC1. The lowest BCUT2D eigenvalue weighted by atomic mass is 9.92. The molecule has 2 aromatic heterocycles. The minimum atomic E-state index is 0.549. The van der Waals surface area contributed by atoms with Crippen molar-refractivity contribution in [3.05, 3.63) is 35.8 Å². The van der Waals surface area contributed by atoms with Crippen molar-refractivity contribution in [2.24, 2.45) is 11.7 Å². The van der Waals surface area contributed by atoms with Gasteiger partial charge in [0.1, 0.15) is 5.65 Å². The van der Waals surface area contributed by atoms with Crippen LogP contribution in [0.3, 0.4) is 0 Å². The molecule has 0 unspecified atom stereocenters. The van der Waals surface area contributed by atoms with E-state index in [0.717, 1.165) is 23.5 Å². The van der Waals surface area contributed by atoms with Crippen LogP contribution in [0.1, 0.15) is 37.9 Å². The molecule has 1 saturated heterocycles. The second kappa shape index (κ2) is 6.16. The number of hydrogen-bond acceptors (Lipinski definition) is 3. The first-order valence-corrected chi connectivity index (χ1v) is 8.07. The molecule has 114 valence electrons. The number of nitrogens with two attached hydrogens (primary N) is 1. The fraction of sp³-hybridized carbons (Fsp3) is 0.588. The van der Waals surface area contributed by atoms with Gasteiger partial charge in [0, 0.05) is 30.5 Å². The molecule has 4 nitrogen and oxygen atoms in total. The molecule has 3 rings (SSSR count). The Morgan fingerprint density at radius 1 is 1.33 bits per heavy atom. The minimum absolute atomic E-state index is 0.549. The molecule has 0 radical (unpaired) electrons. The summed E-state index contributed by atoms with van der Waals surface area (Å²) < 4.78 is 2.11. The summed E-state index contributed by atoms with van der Waals surface area (Å²) in [6, 6.07) is 4.78. The highest BCUT2D eigenvalue weighted by atomic mass is 15.1. The number of piperidine rings is 1. The number of imidazole rings is 1. The predicted molar refractivity (Wildman–Crippen MR) is 86.2 cm³/mol. The van der Waals surface area contributed by atoms with Crippen LogP contribution in [-0.2, 0) is 13.0 Å². The van der Waals surface area contributed by atoms with Gasteiger partial charge in [-0.1, -0.05) is 6.07 Å². The summed E-state index contributed by atoms with van der Waals surface area (Å²) in [5.74, 6) is 0.770. The predicted octanol–water partition coefficient (Wildman–Crippen LogP) is 2.46. The summed E-state index contributed by atoms with van der Waals surface area (Å²) in [6.45, 7) is 7.58. The van der Waals surface area contributed by atoms with E-state index in [2.05, 4.69) is 41.6 Å². The molecule has 0 bridgehead atoms. The van der Waals surface area contributed by atoms with E-state index in [4.69, 9.17) is 10.7 Å². The van der Waals surface area contributed by atoms with Gasteiger partial charge in [-0.05, 0) is 58.2 Å². The molecule has 0 spiro atoms. The smallest absolute Gasteiger partial charge is 0.141 e. The molecule has 0 aromatic carbocycles. The summed E-state index contributed by atoms with van der Waals surface area (Å²) in [7, 11) is 0. The molecule has 3 heterocycles. The van der Waals surface area contributed by atoms with E-state index in [1.165, 1.54) is 31.6 Å². The average Bonchev–Trinajstić information content (AvgIpc) is 2.90. The van der Waals surface area contributed by atoms with E-state index >= 15 is 0 Å². The number of hydrogen-bond donors (Lipinski definition) is 1. The van der Waals surface area contributed by atoms with E-state index in [-0.39, 0.29) is 0 Å². The van der Waals surface area contributed by atoms with Gasteiger partial charge in [0.15, 0.2) is 0 Å². The second-order valence-electron chi connectivity index (χ2n) is 6.48. The number of fused-ring (bicyclic) bond motifs is 1. The Bertz CT molecular complexity index is 594. The quantitative estimate of drug-likeness (QED) is 0.939. The lowest BCUT2D eigenvalue weighted by Gasteiger charge is -2.34. The van der Waals surface area contributed by atoms with Gasteiger partial charge in [0.05, 0.1) is 5.69 Å². The number of likely N-dealkylation sites (tertiary alicyclic amines) is 1. The fourth-order valence-corrected chi connectivity index (χ4v) is 3.35. The lowest BCUT2D eigenvalue weighted by Crippen LogP contribution is -2.38. The molecule has 0 saturated carbocycles. The van der Waals surface area contributed by atoms with Crippen molar-refractivity contribution in [2.45, 2.75) is 45.7 Å². The van der Waals surface area contributed by atoms with Gasteiger partial charge in [-0.15, -0.1) is 0 Å². The van der Waals surface area contributed by atoms with E-state index in [1.54, 1.807) is 0 Å². The summed E-state index contributed by atoms with van der Waals surface area (Å²) in [4.78, 5) is 7.38. The maximum absolute atomic E-state index is 5.79. The zero-order valence-corrected chi connectivity index (χ0v) is 13.1. The Morgan fingerprint density at radius 3 is 2.76 bits per heavy atom. The molecule has 4 heteroatoms. The lowest BCUT2D eigenvalue weighted by molar-refractivity contribution is 0.149. The van der Waals surface area contributed by atoms with Crippen molar-refractivity contribution in [1.82, 2.24) is 14.3 Å². The maximum Gasteiger partial charge on any atom is 0.141 e. The van der Waals surface area contributed by atoms with E-state index < -0.39 is 0 Å². The van der Waals surface area contributed by atoms with Crippen LogP contribution in [0.25, 0.3) is 5.65 Å². The van der Waals surface area contributed by atoms with Crippen LogP contribution in [-0.4, -0.2) is 33.4 Å². The van der Waals surface area contributed by atoms with Crippen molar-refractivity contribution >= 4 is 5.65 Å². The van der Waals surface area contributed by atoms with Crippen LogP contribution in [0.2, 0.25) is 0 Å². The molecule has 2 N–H and O–H groups in total. The first-order chi connectivity index (χ1) is 10.2. The molecular weight excluding hydrogens is 260 g/mol. The monoisotopic (exact) mass is 286 g/mol. The third-order valence-corrected chi connectivity index (χ3v) is 4.71. The zero-order valence-electron chi connectivity index (χ0n) is 13.1. The molecule has 0 amide bonds. The van der Waals surface area contributed by atoms with Crippen LogP contribution in [0.5, 0.6) is 0 Å². The molecule has 0 atom stereocenters. The van der Waals surface area contributed by atoms with Crippen LogP contribution in [0.15, 0.2) is 24.5 Å². The largest absolute Gasteiger partial charge is 0.326 e. The summed E-state index contributed by atoms with van der Waals surface area (Å²) in [6.07, 6.45) is 7.90. The summed E-state index contributed by atoms with van der Waals surface area (Å²) >= 11 is 0. The number of aromatic nitrogens is 2. The molecule has 2 aromatic rings. The van der Waals surface area contributed by atoms with Gasteiger partial charge in [-0.25, -0.2) is 4.98 Å². The molecule has 21 heavy (non-hydrogen) atoms. The molecule has 1 aliphatic rings. The highest BCUT2D eigenvalue weighted by Crippen LogP contribution is 2.23. The summed E-state index contributed by atoms with van der Waals surface area (Å²) in [5, 5.41) is 0. The number of rotatable bonds is 4. The number of nitrogens with zero attached hydrogens (tertiary/aromatic N) is 3. The van der Waals surface area contributed by atoms with Gasteiger partial charge in [0.2, 0.25) is 0 Å². The first kappa shape index (κ1) is 14.5. The van der Waals surface area contributed by atoms with E-state index in [0.29, 0.717) is 12.6 Å². The zero-order chi connectivity index (χ0) is 14.8. The Morgan fingerprint density at radius 2 is 2.10 bits per heavy atom. The maximum atomic E-state index is 5.79. The third-order valence-electron chi connectivity index (χ3n) is 4.71. The normalized spacial score (nSPS) is 17.9. The minimum Gasteiger partial charge on any atom is -0.326 e. The van der Waals surface area contributed by atoms with Crippen LogP contribution >= 0.6 is 0 Å². The van der Waals surface area contributed by atoms with Crippen molar-refractivity contribution in [3.8, 4) is 0 Å². The Balaban J connectivity index is 1.69. The molecular formula is C17H26N4. The average molecular weight is 286 g/mol. The third kappa shape index (κ3) is 3.11. The highest BCUT2D eigenvalue weighted by Gasteiger charge is 2.21. The standard InChI is InChI=1S/C17H26N4/c1-13(2)20-8-5-14(6-9-20)10-16-12-21-7-3-4-15(11-18)17(21)19-16/h3-4,7,12-14H,5-6,8-11,18H2,1-2H3. The van der Waals surface area contributed by atoms with Gasteiger partial charge in [-0.2, -0.15) is 0 Å². The van der Waals surface area contributed by atoms with Crippen LogP contribution < -0.4 is 5.73 Å². The van der Waals surface area contributed by atoms with Crippen molar-refractivity contribution < 1.29 is 0 Å². The topological polar surface area (TPSA) is 46.6 Å².